The van der Waals surface area contributed by atoms with Crippen LogP contribution in [-0.4, -0.2) is 21.9 Å². The van der Waals surface area contributed by atoms with Gasteiger partial charge in [-0.15, -0.1) is 6.42 Å². The lowest BCUT2D eigenvalue weighted by Crippen LogP contribution is -2.16. The van der Waals surface area contributed by atoms with Gasteiger partial charge in [-0.1, -0.05) is 5.92 Å². The molecule has 0 aliphatic heterocycles. The Labute approximate surface area is 79.2 Å². The minimum absolute atomic E-state index is 0.250. The highest BCUT2D eigenvalue weighted by Crippen LogP contribution is 1.98. The summed E-state index contributed by atoms with van der Waals surface area (Å²) < 4.78 is 3.74. The van der Waals surface area contributed by atoms with E-state index >= 15 is 0 Å². The molecule has 64 valence electrons. The second-order valence-electron chi connectivity index (χ2n) is 1.24. The summed E-state index contributed by atoms with van der Waals surface area (Å²) in [6.07, 6.45) is 3.99. The normalized spacial score (nSPS) is 10.0. The van der Waals surface area contributed by atoms with Crippen LogP contribution < -0.4 is 5.73 Å². The highest BCUT2D eigenvalue weighted by atomic mass is 127. The van der Waals surface area contributed by atoms with Crippen molar-refractivity contribution in [1.82, 2.24) is 0 Å². The van der Waals surface area contributed by atoms with E-state index in [2.05, 4.69) is 16.4 Å². The fraction of sp³-hybridized carbons (Fsp3) is 0.500. The van der Waals surface area contributed by atoms with Gasteiger partial charge in [0.15, 0.2) is 0 Å². The number of hydrogen-bond acceptors (Lipinski definition) is 3. The molecule has 0 heterocycles. The van der Waals surface area contributed by atoms with Crippen molar-refractivity contribution < 1.29 is 14.6 Å². The Hall–Kier alpha value is -0.480. The summed E-state index contributed by atoms with van der Waals surface area (Å²) in [5, 5.41) is 7.57. The molecule has 3 N–H and O–H groups in total. The Balaban J connectivity index is 0. The lowest BCUT2D eigenvalue weighted by molar-refractivity contribution is 0.166. The number of aliphatic hydroxyl groups excluding tert-OH is 1. The second-order valence-corrected chi connectivity index (χ2v) is 2.37. The van der Waals surface area contributed by atoms with E-state index in [4.69, 9.17) is 11.5 Å². The number of rotatable bonds is 1. The van der Waals surface area contributed by atoms with Crippen molar-refractivity contribution in [2.75, 3.05) is 6.61 Å². The third-order valence-electron chi connectivity index (χ3n) is 0.351. The van der Waals surface area contributed by atoms with Gasteiger partial charge in [0, 0.05) is 6.61 Å². The molecule has 0 aliphatic carbocycles. The zero-order valence-corrected chi connectivity index (χ0v) is 8.24. The number of alkyl halides is 1. The van der Waals surface area contributed by atoms with Crippen LogP contribution in [-0.2, 0) is 4.74 Å². The summed E-state index contributed by atoms with van der Waals surface area (Å²) in [7, 11) is 0. The van der Waals surface area contributed by atoms with Crippen molar-refractivity contribution >= 4 is 28.7 Å². The van der Waals surface area contributed by atoms with Gasteiger partial charge in [0.05, 0.1) is 0 Å². The molecule has 11 heavy (non-hydrogen) atoms. The summed E-state index contributed by atoms with van der Waals surface area (Å²) in [4.78, 5) is 9.87. The van der Waals surface area contributed by atoms with Gasteiger partial charge in [-0.25, -0.2) is 4.79 Å². The van der Waals surface area contributed by atoms with Gasteiger partial charge in [0.25, 0.3) is 0 Å². The van der Waals surface area contributed by atoms with E-state index in [1.165, 1.54) is 0 Å². The van der Waals surface area contributed by atoms with Crippen LogP contribution in [0.15, 0.2) is 0 Å². The molecule has 4 nitrogen and oxygen atoms in total. The van der Waals surface area contributed by atoms with Gasteiger partial charge in [-0.2, -0.15) is 0 Å². The third-order valence-corrected chi connectivity index (χ3v) is 0.965. The van der Waals surface area contributed by atoms with Gasteiger partial charge < -0.3 is 15.6 Å². The quantitative estimate of drug-likeness (QED) is 0.414. The first-order valence-corrected chi connectivity index (χ1v) is 4.00. The average Bonchev–Trinajstić information content (AvgIpc) is 1.88. The SMILES string of the molecule is C#CC(I)OC(N)=O.CCO. The Kier molecular flexibility index (Phi) is 11.4. The van der Waals surface area contributed by atoms with Crippen molar-refractivity contribution in [2.24, 2.45) is 5.73 Å². The average molecular weight is 271 g/mol. The number of ether oxygens (including phenoxy) is 1. The van der Waals surface area contributed by atoms with Crippen molar-refractivity contribution in [1.29, 1.82) is 0 Å². The minimum atomic E-state index is -0.845. The smallest absolute Gasteiger partial charge is 0.406 e. The molecule has 0 aromatic heterocycles. The number of carbonyl (C=O) groups is 1. The molecule has 0 saturated heterocycles. The Bertz CT molecular complexity index is 143. The largest absolute Gasteiger partial charge is 0.423 e. The maximum atomic E-state index is 9.87. The molecule has 1 amide bonds. The Morgan fingerprint density at radius 3 is 2.45 bits per heavy atom. The van der Waals surface area contributed by atoms with Gasteiger partial charge in [0.1, 0.15) is 0 Å². The first-order chi connectivity index (χ1) is 5.08. The van der Waals surface area contributed by atoms with Crippen molar-refractivity contribution in [3.63, 3.8) is 0 Å². The number of carbonyl (C=O) groups excluding carboxylic acids is 1. The number of hydrogen-bond donors (Lipinski definition) is 2. The predicted octanol–water partition coefficient (Wildman–Crippen LogP) is 0.475. The highest BCUT2D eigenvalue weighted by Gasteiger charge is 1.99. The van der Waals surface area contributed by atoms with E-state index in [0.717, 1.165) is 0 Å². The zero-order chi connectivity index (χ0) is 9.28. The van der Waals surface area contributed by atoms with Crippen LogP contribution >= 0.6 is 22.6 Å². The first-order valence-electron chi connectivity index (χ1n) is 2.75. The topological polar surface area (TPSA) is 72.5 Å². The van der Waals surface area contributed by atoms with E-state index in [1.54, 1.807) is 29.5 Å². The van der Waals surface area contributed by atoms with Crippen molar-refractivity contribution in [2.45, 2.75) is 11.0 Å². The fourth-order valence-electron chi connectivity index (χ4n) is 0.136. The monoisotopic (exact) mass is 271 g/mol. The molecule has 0 spiro atoms. The summed E-state index contributed by atoms with van der Waals surface area (Å²) in [6.45, 7) is 1.93. The number of terminal acetylenes is 1. The molecule has 5 heteroatoms. The van der Waals surface area contributed by atoms with Crippen LogP contribution in [0.1, 0.15) is 6.92 Å². The van der Waals surface area contributed by atoms with E-state index < -0.39 is 10.2 Å². The zero-order valence-electron chi connectivity index (χ0n) is 6.08. The molecule has 0 rings (SSSR count). The van der Waals surface area contributed by atoms with Gasteiger partial charge >= 0.3 is 6.09 Å². The number of aliphatic hydroxyl groups is 1. The molecule has 0 aliphatic rings. The van der Waals surface area contributed by atoms with Crippen LogP contribution in [0.2, 0.25) is 0 Å². The number of amides is 1. The molecular formula is C6H10INO3. The maximum Gasteiger partial charge on any atom is 0.406 e. The van der Waals surface area contributed by atoms with E-state index in [-0.39, 0.29) is 6.61 Å². The molecule has 1 atom stereocenters. The lowest BCUT2D eigenvalue weighted by Gasteiger charge is -1.98. The molecule has 0 aromatic carbocycles. The molecular weight excluding hydrogens is 261 g/mol. The van der Waals surface area contributed by atoms with Gasteiger partial charge in [0.2, 0.25) is 4.11 Å². The fourth-order valence-corrected chi connectivity index (χ4v) is 0.387. The number of nitrogens with two attached hydrogens (primary N) is 1. The van der Waals surface area contributed by atoms with Crippen molar-refractivity contribution in [3.8, 4) is 12.3 Å². The van der Waals surface area contributed by atoms with Gasteiger partial charge in [-0.05, 0) is 29.5 Å². The molecule has 0 radical (unpaired) electrons. The summed E-state index contributed by atoms with van der Waals surface area (Å²) in [6, 6.07) is 0. The third kappa shape index (κ3) is 17.7. The summed E-state index contributed by atoms with van der Waals surface area (Å²) >= 11 is 1.76. The van der Waals surface area contributed by atoms with Crippen LogP contribution in [0.3, 0.4) is 0 Å². The van der Waals surface area contributed by atoms with Gasteiger partial charge in [-0.3, -0.25) is 0 Å². The van der Waals surface area contributed by atoms with Crippen molar-refractivity contribution in [3.05, 3.63) is 0 Å². The number of halogens is 1. The lowest BCUT2D eigenvalue weighted by atomic mass is 10.8. The standard InChI is InChI=1S/C4H4INO2.C2H6O/c1-2-3(5)8-4(6)7;1-2-3/h1,3H,(H2,6,7);3H,2H2,1H3. The molecule has 0 fully saturated rings. The highest BCUT2D eigenvalue weighted by molar-refractivity contribution is 14.1. The van der Waals surface area contributed by atoms with E-state index in [1.807, 2.05) is 0 Å². The first kappa shape index (κ1) is 13.1. The minimum Gasteiger partial charge on any atom is -0.423 e. The molecule has 0 aromatic rings. The van der Waals surface area contributed by atoms with Crippen LogP contribution in [0, 0.1) is 12.3 Å². The Morgan fingerprint density at radius 1 is 2.00 bits per heavy atom. The summed E-state index contributed by atoms with van der Waals surface area (Å²) in [5.41, 5.74) is 4.61. The van der Waals surface area contributed by atoms with E-state index in [9.17, 15) is 4.79 Å². The summed E-state index contributed by atoms with van der Waals surface area (Å²) in [5.74, 6) is 2.16. The van der Waals surface area contributed by atoms with Crippen LogP contribution in [0.4, 0.5) is 4.79 Å². The Morgan fingerprint density at radius 2 is 2.36 bits per heavy atom. The maximum absolute atomic E-state index is 9.87. The predicted molar refractivity (Wildman–Crippen MR) is 50.1 cm³/mol. The molecule has 0 saturated carbocycles. The van der Waals surface area contributed by atoms with Crippen LogP contribution in [0.25, 0.3) is 0 Å². The number of primary amides is 1. The van der Waals surface area contributed by atoms with E-state index in [0.29, 0.717) is 0 Å². The second kappa shape index (κ2) is 9.52. The van der Waals surface area contributed by atoms with Crippen LogP contribution in [0.5, 0.6) is 0 Å². The molecule has 1 unspecified atom stereocenters. The molecule has 0 bridgehead atoms.